The lowest BCUT2D eigenvalue weighted by atomic mass is 9.87. The van der Waals surface area contributed by atoms with Crippen LogP contribution in [-0.4, -0.2) is 18.2 Å². The number of benzene rings is 1. The van der Waals surface area contributed by atoms with Gasteiger partial charge in [-0.15, -0.1) is 0 Å². The molecule has 1 amide bonds. The van der Waals surface area contributed by atoms with Crippen LogP contribution >= 0.6 is 0 Å². The van der Waals surface area contributed by atoms with Crippen molar-refractivity contribution < 1.29 is 18.4 Å². The normalized spacial score (nSPS) is 19.6. The Labute approximate surface area is 116 Å². The van der Waals surface area contributed by atoms with Crippen LogP contribution < -0.4 is 4.90 Å². The van der Waals surface area contributed by atoms with E-state index in [4.69, 9.17) is 0 Å². The predicted molar refractivity (Wildman–Crippen MR) is 71.3 cm³/mol. The van der Waals surface area contributed by atoms with Gasteiger partial charge in [0.15, 0.2) is 11.6 Å². The fourth-order valence-corrected chi connectivity index (χ4v) is 2.45. The van der Waals surface area contributed by atoms with E-state index in [1.807, 2.05) is 0 Å². The Kier molecular flexibility index (Phi) is 4.16. The first-order valence-corrected chi connectivity index (χ1v) is 6.72. The Balaban J connectivity index is 2.26. The first-order valence-electron chi connectivity index (χ1n) is 6.72. The van der Waals surface area contributed by atoms with Crippen molar-refractivity contribution in [3.05, 3.63) is 29.8 Å². The quantitative estimate of drug-likeness (QED) is 0.799. The molecular weight excluding hydrogens is 264 g/mol. The largest absolute Gasteiger partial charge is 0.312 e. The van der Waals surface area contributed by atoms with Crippen molar-refractivity contribution in [3.63, 3.8) is 0 Å². The maximum absolute atomic E-state index is 13.3. The summed E-state index contributed by atoms with van der Waals surface area (Å²) >= 11 is 0. The van der Waals surface area contributed by atoms with E-state index in [-0.39, 0.29) is 17.6 Å². The minimum atomic E-state index is -0.993. The van der Waals surface area contributed by atoms with Crippen LogP contribution in [0.25, 0.3) is 0 Å². The molecule has 0 spiro atoms. The number of ketones is 1. The smallest absolute Gasteiger partial charge is 0.237 e. The van der Waals surface area contributed by atoms with Gasteiger partial charge in [-0.3, -0.25) is 9.59 Å². The van der Waals surface area contributed by atoms with Crippen molar-refractivity contribution >= 4 is 17.4 Å². The number of piperidine rings is 1. The minimum Gasteiger partial charge on any atom is -0.312 e. The predicted octanol–water partition coefficient (Wildman–Crippen LogP) is 2.93. The molecule has 0 bridgehead atoms. The van der Waals surface area contributed by atoms with Gasteiger partial charge in [0, 0.05) is 24.2 Å². The van der Waals surface area contributed by atoms with Crippen LogP contribution in [0.2, 0.25) is 0 Å². The number of nitrogens with zero attached hydrogens (tertiary/aromatic N) is 1. The van der Waals surface area contributed by atoms with Gasteiger partial charge in [0.1, 0.15) is 5.78 Å². The van der Waals surface area contributed by atoms with Gasteiger partial charge < -0.3 is 4.90 Å². The van der Waals surface area contributed by atoms with E-state index in [2.05, 4.69) is 0 Å². The monoisotopic (exact) mass is 281 g/mol. The van der Waals surface area contributed by atoms with Crippen molar-refractivity contribution in [1.29, 1.82) is 0 Å². The molecule has 20 heavy (non-hydrogen) atoms. The number of rotatable bonds is 3. The molecule has 1 saturated heterocycles. The highest BCUT2D eigenvalue weighted by atomic mass is 19.2. The van der Waals surface area contributed by atoms with Crippen LogP contribution in [0, 0.1) is 23.5 Å². The fraction of sp³-hybridized carbons (Fsp3) is 0.467. The highest BCUT2D eigenvalue weighted by Crippen LogP contribution is 2.27. The maximum atomic E-state index is 13.3. The molecule has 1 aromatic rings. The van der Waals surface area contributed by atoms with Gasteiger partial charge in [-0.05, 0) is 25.0 Å². The van der Waals surface area contributed by atoms with Crippen LogP contribution in [0.4, 0.5) is 14.5 Å². The number of amides is 1. The summed E-state index contributed by atoms with van der Waals surface area (Å²) in [6.45, 7) is 3.93. The summed E-state index contributed by atoms with van der Waals surface area (Å²) in [4.78, 5) is 25.8. The molecule has 2 rings (SSSR count). The number of halogens is 2. The van der Waals surface area contributed by atoms with E-state index in [1.54, 1.807) is 13.8 Å². The molecule has 0 unspecified atom stereocenters. The Morgan fingerprint density at radius 1 is 1.30 bits per heavy atom. The molecule has 1 fully saturated rings. The number of Topliss-reactive ketones (excluding diaryl/α,β-unsaturated/α-hetero) is 1. The van der Waals surface area contributed by atoms with Gasteiger partial charge >= 0.3 is 0 Å². The summed E-state index contributed by atoms with van der Waals surface area (Å²) in [7, 11) is 0. The Bertz CT molecular complexity index is 543. The molecule has 3 nitrogen and oxygen atoms in total. The van der Waals surface area contributed by atoms with Crippen molar-refractivity contribution in [1.82, 2.24) is 0 Å². The molecule has 0 aliphatic carbocycles. The van der Waals surface area contributed by atoms with E-state index in [0.717, 1.165) is 12.1 Å². The third kappa shape index (κ3) is 2.71. The topological polar surface area (TPSA) is 37.4 Å². The Hall–Kier alpha value is -1.78. The summed E-state index contributed by atoms with van der Waals surface area (Å²) in [5.41, 5.74) is 0.301. The third-order valence-corrected chi connectivity index (χ3v) is 3.57. The molecule has 5 heteroatoms. The Morgan fingerprint density at radius 3 is 2.60 bits per heavy atom. The van der Waals surface area contributed by atoms with Gasteiger partial charge in [-0.25, -0.2) is 8.78 Å². The van der Waals surface area contributed by atoms with Crippen molar-refractivity contribution in [2.45, 2.75) is 26.7 Å². The number of carbonyl (C=O) groups excluding carboxylic acids is 2. The number of hydrogen-bond donors (Lipinski definition) is 0. The van der Waals surface area contributed by atoms with Crippen LogP contribution in [0.5, 0.6) is 0 Å². The molecule has 0 saturated carbocycles. The van der Waals surface area contributed by atoms with Crippen LogP contribution in [0.15, 0.2) is 18.2 Å². The van der Waals surface area contributed by atoms with E-state index in [1.165, 1.54) is 11.0 Å². The molecule has 108 valence electrons. The standard InChI is InChI=1S/C15H17F2NO2/c1-9(2)14(19)11-4-3-7-18(15(11)20)10-5-6-12(16)13(17)8-10/h5-6,8-9,11H,3-4,7H2,1-2H3/t11-/m1/s1. The molecule has 0 aromatic heterocycles. The van der Waals surface area contributed by atoms with E-state index < -0.39 is 17.6 Å². The molecule has 1 aliphatic heterocycles. The number of anilines is 1. The first kappa shape index (κ1) is 14.6. The van der Waals surface area contributed by atoms with E-state index >= 15 is 0 Å². The highest BCUT2D eigenvalue weighted by Gasteiger charge is 2.35. The summed E-state index contributed by atoms with van der Waals surface area (Å²) in [5, 5.41) is 0. The SMILES string of the molecule is CC(C)C(=O)[C@H]1CCCN(c2ccc(F)c(F)c2)C1=O. The van der Waals surface area contributed by atoms with Crippen molar-refractivity contribution in [2.24, 2.45) is 11.8 Å². The highest BCUT2D eigenvalue weighted by molar-refractivity contribution is 6.09. The lowest BCUT2D eigenvalue weighted by Crippen LogP contribution is -2.45. The summed E-state index contributed by atoms with van der Waals surface area (Å²) in [5.74, 6) is -3.24. The van der Waals surface area contributed by atoms with Gasteiger partial charge in [0.05, 0.1) is 5.92 Å². The molecule has 1 aromatic carbocycles. The van der Waals surface area contributed by atoms with Crippen LogP contribution in [0.1, 0.15) is 26.7 Å². The zero-order valence-electron chi connectivity index (χ0n) is 11.5. The second kappa shape index (κ2) is 5.69. The van der Waals surface area contributed by atoms with Gasteiger partial charge in [0.25, 0.3) is 0 Å². The average Bonchev–Trinajstić information content (AvgIpc) is 2.41. The summed E-state index contributed by atoms with van der Waals surface area (Å²) < 4.78 is 26.2. The Morgan fingerprint density at radius 2 is 2.00 bits per heavy atom. The maximum Gasteiger partial charge on any atom is 0.237 e. The molecule has 1 atom stereocenters. The van der Waals surface area contributed by atoms with E-state index in [0.29, 0.717) is 25.1 Å². The average molecular weight is 281 g/mol. The molecule has 0 N–H and O–H groups in total. The zero-order chi connectivity index (χ0) is 14.9. The fourth-order valence-electron chi connectivity index (χ4n) is 2.45. The molecular formula is C15H17F2NO2. The minimum absolute atomic E-state index is 0.0951. The van der Waals surface area contributed by atoms with Crippen molar-refractivity contribution in [2.75, 3.05) is 11.4 Å². The summed E-state index contributed by atoms with van der Waals surface area (Å²) in [6, 6.07) is 3.35. The third-order valence-electron chi connectivity index (χ3n) is 3.57. The van der Waals surface area contributed by atoms with Crippen LogP contribution in [0.3, 0.4) is 0 Å². The first-order chi connectivity index (χ1) is 9.41. The number of carbonyl (C=O) groups is 2. The lowest BCUT2D eigenvalue weighted by Gasteiger charge is -2.32. The van der Waals surface area contributed by atoms with E-state index in [9.17, 15) is 18.4 Å². The molecule has 1 aliphatic rings. The van der Waals surface area contributed by atoms with Gasteiger partial charge in [-0.2, -0.15) is 0 Å². The molecule has 0 radical (unpaired) electrons. The van der Waals surface area contributed by atoms with Gasteiger partial charge in [-0.1, -0.05) is 13.8 Å². The second-order valence-electron chi connectivity index (χ2n) is 5.34. The summed E-state index contributed by atoms with van der Waals surface area (Å²) in [6.07, 6.45) is 1.20. The van der Waals surface area contributed by atoms with Crippen LogP contribution in [-0.2, 0) is 9.59 Å². The van der Waals surface area contributed by atoms with Crippen molar-refractivity contribution in [3.8, 4) is 0 Å². The van der Waals surface area contributed by atoms with Gasteiger partial charge in [0.2, 0.25) is 5.91 Å². The molecule has 1 heterocycles. The zero-order valence-corrected chi connectivity index (χ0v) is 11.5. The second-order valence-corrected chi connectivity index (χ2v) is 5.34. The number of hydrogen-bond acceptors (Lipinski definition) is 2. The lowest BCUT2D eigenvalue weighted by molar-refractivity contribution is -0.135.